The van der Waals surface area contributed by atoms with E-state index in [1.54, 1.807) is 12.4 Å². The number of pyridine rings is 1. The van der Waals surface area contributed by atoms with Crippen LogP contribution in [0.5, 0.6) is 0 Å². The minimum absolute atomic E-state index is 0.0309. The molecular weight excluding hydrogens is 410 g/mol. The lowest BCUT2D eigenvalue weighted by Crippen LogP contribution is -2.50. The van der Waals surface area contributed by atoms with Crippen LogP contribution in [0.2, 0.25) is 5.02 Å². The van der Waals surface area contributed by atoms with Gasteiger partial charge in [0.25, 0.3) is 5.91 Å². The Morgan fingerprint density at radius 3 is 2.87 bits per heavy atom. The van der Waals surface area contributed by atoms with Gasteiger partial charge in [-0.2, -0.15) is 5.10 Å². The summed E-state index contributed by atoms with van der Waals surface area (Å²) in [5, 5.41) is 6.15. The molecule has 2 atom stereocenters. The highest BCUT2D eigenvalue weighted by molar-refractivity contribution is 6.38. The fraction of sp³-hybridized carbons (Fsp3) is 0.292. The van der Waals surface area contributed by atoms with E-state index in [9.17, 15) is 4.79 Å². The number of hydrogen-bond acceptors (Lipinski definition) is 3. The number of carbonyl (C=O) groups is 1. The van der Waals surface area contributed by atoms with Crippen molar-refractivity contribution in [2.45, 2.75) is 37.8 Å². The molecule has 0 saturated carbocycles. The summed E-state index contributed by atoms with van der Waals surface area (Å²) in [6.07, 6.45) is 7.20. The molecular formula is C24H22ClN5O. The van der Waals surface area contributed by atoms with Crippen molar-refractivity contribution >= 4 is 28.5 Å². The molecule has 6 rings (SSSR count). The summed E-state index contributed by atoms with van der Waals surface area (Å²) in [6, 6.07) is 12.4. The van der Waals surface area contributed by atoms with Gasteiger partial charge in [0.05, 0.1) is 28.0 Å². The number of benzene rings is 1. The van der Waals surface area contributed by atoms with Gasteiger partial charge in [-0.3, -0.25) is 9.48 Å². The summed E-state index contributed by atoms with van der Waals surface area (Å²) >= 11 is 6.64. The number of piperidine rings is 1. The Balaban J connectivity index is 1.45. The number of nitrogens with zero attached hydrogens (tertiary/aromatic N) is 4. The molecule has 5 heterocycles. The van der Waals surface area contributed by atoms with Gasteiger partial charge < -0.3 is 9.88 Å². The minimum Gasteiger partial charge on any atom is -0.346 e. The number of aromatic nitrogens is 4. The monoisotopic (exact) mass is 431 g/mol. The summed E-state index contributed by atoms with van der Waals surface area (Å²) < 4.78 is 1.98. The number of H-pyrrole nitrogens is 1. The molecule has 31 heavy (non-hydrogen) atoms. The van der Waals surface area contributed by atoms with Crippen molar-refractivity contribution in [3.8, 4) is 11.3 Å². The molecule has 1 N–H and O–H groups in total. The summed E-state index contributed by atoms with van der Waals surface area (Å²) in [4.78, 5) is 23.2. The third kappa shape index (κ3) is 2.74. The van der Waals surface area contributed by atoms with Crippen LogP contribution in [0.1, 0.15) is 46.9 Å². The van der Waals surface area contributed by atoms with E-state index in [-0.39, 0.29) is 18.0 Å². The molecule has 0 aliphatic carbocycles. The molecule has 2 aliphatic rings. The topological polar surface area (TPSA) is 66.8 Å². The zero-order valence-electron chi connectivity index (χ0n) is 17.2. The van der Waals surface area contributed by atoms with Gasteiger partial charge in [0, 0.05) is 42.0 Å². The SMILES string of the molecule is Cn1nc2c(c1-c1ccccc1)C[C@H]1CCC[C@@H]2N1C(=O)c1cnc2[nH]ccc2c1Cl. The first kappa shape index (κ1) is 18.6. The molecule has 4 aromatic rings. The van der Waals surface area contributed by atoms with Gasteiger partial charge >= 0.3 is 0 Å². The number of aromatic amines is 1. The molecule has 3 aromatic heterocycles. The fourth-order valence-electron chi connectivity index (χ4n) is 5.37. The van der Waals surface area contributed by atoms with Crippen LogP contribution < -0.4 is 0 Å². The number of nitrogens with one attached hydrogen (secondary N) is 1. The van der Waals surface area contributed by atoms with Crippen LogP contribution in [0.3, 0.4) is 0 Å². The third-order valence-electron chi connectivity index (χ3n) is 6.71. The van der Waals surface area contributed by atoms with Gasteiger partial charge in [-0.05, 0) is 31.7 Å². The number of halogens is 1. The molecule has 2 bridgehead atoms. The Kier molecular flexibility index (Phi) is 4.18. The Hall–Kier alpha value is -3.12. The first-order valence-electron chi connectivity index (χ1n) is 10.7. The summed E-state index contributed by atoms with van der Waals surface area (Å²) in [5.41, 5.74) is 5.79. The zero-order chi connectivity index (χ0) is 21.1. The molecule has 1 fully saturated rings. The average molecular weight is 432 g/mol. The van der Waals surface area contributed by atoms with Crippen LogP contribution in [0.25, 0.3) is 22.3 Å². The van der Waals surface area contributed by atoms with Crippen molar-refractivity contribution in [3.05, 3.63) is 70.6 Å². The molecule has 156 valence electrons. The number of rotatable bonds is 2. The predicted molar refractivity (Wildman–Crippen MR) is 120 cm³/mol. The summed E-state index contributed by atoms with van der Waals surface area (Å²) in [6.45, 7) is 0. The first-order chi connectivity index (χ1) is 15.1. The number of aryl methyl sites for hydroxylation is 1. The number of amides is 1. The van der Waals surface area contributed by atoms with E-state index in [1.807, 2.05) is 28.8 Å². The zero-order valence-corrected chi connectivity index (χ0v) is 17.9. The van der Waals surface area contributed by atoms with Gasteiger partial charge in [-0.25, -0.2) is 4.98 Å². The third-order valence-corrected chi connectivity index (χ3v) is 7.12. The minimum atomic E-state index is -0.0483. The van der Waals surface area contributed by atoms with Crippen LogP contribution in [0.15, 0.2) is 48.8 Å². The molecule has 1 amide bonds. The molecule has 0 spiro atoms. The number of fused-ring (bicyclic) bond motifs is 5. The first-order valence-corrected chi connectivity index (χ1v) is 11.1. The number of hydrogen-bond donors (Lipinski definition) is 1. The highest BCUT2D eigenvalue weighted by Gasteiger charge is 2.44. The Morgan fingerprint density at radius 1 is 1.19 bits per heavy atom. The van der Waals surface area contributed by atoms with E-state index in [4.69, 9.17) is 16.7 Å². The molecule has 6 nitrogen and oxygen atoms in total. The van der Waals surface area contributed by atoms with Gasteiger partial charge in [0.1, 0.15) is 5.65 Å². The van der Waals surface area contributed by atoms with E-state index in [2.05, 4.69) is 34.2 Å². The Labute approximate surface area is 184 Å². The quantitative estimate of drug-likeness (QED) is 0.490. The second-order valence-corrected chi connectivity index (χ2v) is 8.82. The molecule has 1 saturated heterocycles. The Bertz CT molecular complexity index is 1310. The average Bonchev–Trinajstić information content (AvgIpc) is 3.38. The highest BCUT2D eigenvalue weighted by Crippen LogP contribution is 2.45. The van der Waals surface area contributed by atoms with Crippen molar-refractivity contribution in [2.75, 3.05) is 0 Å². The van der Waals surface area contributed by atoms with Crippen molar-refractivity contribution in [2.24, 2.45) is 7.05 Å². The van der Waals surface area contributed by atoms with Crippen LogP contribution in [-0.4, -0.2) is 36.6 Å². The smallest absolute Gasteiger partial charge is 0.257 e. The molecule has 0 radical (unpaired) electrons. The lowest BCUT2D eigenvalue weighted by atomic mass is 9.81. The largest absolute Gasteiger partial charge is 0.346 e. The lowest BCUT2D eigenvalue weighted by molar-refractivity contribution is 0.0392. The summed E-state index contributed by atoms with van der Waals surface area (Å²) in [5.74, 6) is -0.0483. The van der Waals surface area contributed by atoms with E-state index in [0.717, 1.165) is 42.5 Å². The summed E-state index contributed by atoms with van der Waals surface area (Å²) in [7, 11) is 2.00. The maximum absolute atomic E-state index is 13.7. The maximum atomic E-state index is 13.7. The normalized spacial score (nSPS) is 20.1. The van der Waals surface area contributed by atoms with Crippen LogP contribution in [0.4, 0.5) is 0 Å². The van der Waals surface area contributed by atoms with Crippen LogP contribution >= 0.6 is 11.6 Å². The molecule has 2 aliphatic heterocycles. The fourth-order valence-corrected chi connectivity index (χ4v) is 5.65. The van der Waals surface area contributed by atoms with E-state index >= 15 is 0 Å². The second kappa shape index (κ2) is 6.95. The van der Waals surface area contributed by atoms with Crippen LogP contribution in [-0.2, 0) is 13.5 Å². The Morgan fingerprint density at radius 2 is 2.03 bits per heavy atom. The second-order valence-electron chi connectivity index (χ2n) is 8.44. The van der Waals surface area contributed by atoms with Crippen molar-refractivity contribution < 1.29 is 4.79 Å². The van der Waals surface area contributed by atoms with E-state index < -0.39 is 0 Å². The predicted octanol–water partition coefficient (Wildman–Crippen LogP) is 4.91. The van der Waals surface area contributed by atoms with Crippen molar-refractivity contribution in [3.63, 3.8) is 0 Å². The highest BCUT2D eigenvalue weighted by atomic mass is 35.5. The molecule has 7 heteroatoms. The lowest BCUT2D eigenvalue weighted by Gasteiger charge is -2.45. The van der Waals surface area contributed by atoms with Crippen LogP contribution in [0, 0.1) is 0 Å². The van der Waals surface area contributed by atoms with E-state index in [0.29, 0.717) is 16.2 Å². The molecule has 1 aromatic carbocycles. The van der Waals surface area contributed by atoms with Gasteiger partial charge in [0.2, 0.25) is 0 Å². The van der Waals surface area contributed by atoms with Crippen molar-refractivity contribution in [1.82, 2.24) is 24.6 Å². The van der Waals surface area contributed by atoms with E-state index in [1.165, 1.54) is 11.1 Å². The maximum Gasteiger partial charge on any atom is 0.257 e. The van der Waals surface area contributed by atoms with Gasteiger partial charge in [0.15, 0.2) is 0 Å². The van der Waals surface area contributed by atoms with Gasteiger partial charge in [-0.15, -0.1) is 0 Å². The molecule has 0 unspecified atom stereocenters. The number of carbonyl (C=O) groups excluding carboxylic acids is 1. The van der Waals surface area contributed by atoms with Gasteiger partial charge in [-0.1, -0.05) is 41.9 Å². The van der Waals surface area contributed by atoms with Crippen molar-refractivity contribution in [1.29, 1.82) is 0 Å². The standard InChI is InChI=1S/C24H22ClN5O/c1-29-22(14-6-3-2-4-7-14)17-12-15-8-5-9-19(21(17)28-29)30(15)24(31)18-13-27-23-16(20(18)25)10-11-26-23/h2-4,6-7,10-11,13,15,19H,5,8-9,12H2,1H3,(H,26,27)/t15-,19+/m1/s1.